The number of aromatic nitrogens is 1. The van der Waals surface area contributed by atoms with Crippen LogP contribution in [0.5, 0.6) is 0 Å². The molecule has 0 spiro atoms. The van der Waals surface area contributed by atoms with Crippen molar-refractivity contribution in [1.82, 2.24) is 4.98 Å². The lowest BCUT2D eigenvalue weighted by molar-refractivity contribution is 0.0690. The zero-order chi connectivity index (χ0) is 8.43. The second-order valence-corrected chi connectivity index (χ2v) is 3.46. The molecule has 0 saturated carbocycles. The number of aromatic carboxylic acids is 1. The van der Waals surface area contributed by atoms with E-state index in [1.807, 2.05) is 6.92 Å². The summed E-state index contributed by atoms with van der Waals surface area (Å²) < 4.78 is 0. The quantitative estimate of drug-likeness (QED) is 0.737. The number of carboxylic acid groups (broad SMARTS) is 1. The molecule has 0 saturated heterocycles. The zero-order valence-corrected chi connectivity index (χ0v) is 7.23. The standard InChI is InChI=1S/C7H9NO2S/c1-3-5-8-6(7(9)10)4(2)11-5/h3H2,1-2H3,(H,9,10). The van der Waals surface area contributed by atoms with E-state index in [4.69, 9.17) is 5.11 Å². The normalized spacial score (nSPS) is 10.0. The van der Waals surface area contributed by atoms with Crippen LogP contribution in [0.1, 0.15) is 27.3 Å². The van der Waals surface area contributed by atoms with Crippen molar-refractivity contribution in [3.63, 3.8) is 0 Å². The van der Waals surface area contributed by atoms with Gasteiger partial charge in [0, 0.05) is 4.88 Å². The van der Waals surface area contributed by atoms with Gasteiger partial charge in [-0.15, -0.1) is 11.3 Å². The van der Waals surface area contributed by atoms with Crippen LogP contribution in [0.4, 0.5) is 0 Å². The van der Waals surface area contributed by atoms with E-state index in [1.54, 1.807) is 6.92 Å². The lowest BCUT2D eigenvalue weighted by Gasteiger charge is -1.85. The van der Waals surface area contributed by atoms with E-state index in [1.165, 1.54) is 11.3 Å². The topological polar surface area (TPSA) is 50.2 Å². The number of nitrogens with zero attached hydrogens (tertiary/aromatic N) is 1. The SMILES string of the molecule is CCc1nc(C(=O)O)c(C)s1. The molecule has 0 fully saturated rings. The van der Waals surface area contributed by atoms with Gasteiger partial charge in [0.05, 0.1) is 5.01 Å². The monoisotopic (exact) mass is 171 g/mol. The highest BCUT2D eigenvalue weighted by atomic mass is 32.1. The summed E-state index contributed by atoms with van der Waals surface area (Å²) in [5, 5.41) is 9.51. The van der Waals surface area contributed by atoms with Crippen molar-refractivity contribution in [2.75, 3.05) is 0 Å². The first-order chi connectivity index (χ1) is 5.15. The van der Waals surface area contributed by atoms with Crippen molar-refractivity contribution in [3.8, 4) is 0 Å². The average molecular weight is 171 g/mol. The van der Waals surface area contributed by atoms with Gasteiger partial charge in [0.2, 0.25) is 0 Å². The summed E-state index contributed by atoms with van der Waals surface area (Å²) in [4.78, 5) is 15.2. The molecule has 0 radical (unpaired) electrons. The molecular weight excluding hydrogens is 162 g/mol. The summed E-state index contributed by atoms with van der Waals surface area (Å²) in [7, 11) is 0. The van der Waals surface area contributed by atoms with Crippen LogP contribution < -0.4 is 0 Å². The first-order valence-electron chi connectivity index (χ1n) is 3.34. The summed E-state index contributed by atoms with van der Waals surface area (Å²) in [6.45, 7) is 3.74. The van der Waals surface area contributed by atoms with Crippen molar-refractivity contribution in [2.24, 2.45) is 0 Å². The van der Waals surface area contributed by atoms with E-state index in [2.05, 4.69) is 4.98 Å². The molecule has 1 heterocycles. The number of carbonyl (C=O) groups is 1. The molecule has 0 amide bonds. The van der Waals surface area contributed by atoms with Crippen molar-refractivity contribution < 1.29 is 9.90 Å². The van der Waals surface area contributed by atoms with Crippen LogP contribution in [-0.2, 0) is 6.42 Å². The molecule has 0 aliphatic carbocycles. The van der Waals surface area contributed by atoms with E-state index >= 15 is 0 Å². The van der Waals surface area contributed by atoms with E-state index in [-0.39, 0.29) is 5.69 Å². The molecule has 4 heteroatoms. The molecule has 0 aliphatic rings. The summed E-state index contributed by atoms with van der Waals surface area (Å²) in [5.41, 5.74) is 0.201. The van der Waals surface area contributed by atoms with Gasteiger partial charge in [0.15, 0.2) is 5.69 Å². The van der Waals surface area contributed by atoms with Crippen molar-refractivity contribution in [2.45, 2.75) is 20.3 Å². The highest BCUT2D eigenvalue weighted by molar-refractivity contribution is 7.11. The third kappa shape index (κ3) is 1.57. The Kier molecular flexibility index (Phi) is 2.24. The molecule has 0 bridgehead atoms. The molecular formula is C7H9NO2S. The molecule has 0 unspecified atom stereocenters. The average Bonchev–Trinajstić information content (AvgIpc) is 2.30. The zero-order valence-electron chi connectivity index (χ0n) is 6.42. The molecule has 3 nitrogen and oxygen atoms in total. The van der Waals surface area contributed by atoms with Crippen LogP contribution in [0.15, 0.2) is 0 Å². The van der Waals surface area contributed by atoms with E-state index in [0.29, 0.717) is 0 Å². The fraction of sp³-hybridized carbons (Fsp3) is 0.429. The lowest BCUT2D eigenvalue weighted by Crippen LogP contribution is -1.98. The highest BCUT2D eigenvalue weighted by Crippen LogP contribution is 2.17. The fourth-order valence-corrected chi connectivity index (χ4v) is 1.67. The van der Waals surface area contributed by atoms with Crippen molar-refractivity contribution >= 4 is 17.3 Å². The first kappa shape index (κ1) is 8.20. The van der Waals surface area contributed by atoms with Crippen molar-refractivity contribution in [3.05, 3.63) is 15.6 Å². The predicted octanol–water partition coefficient (Wildman–Crippen LogP) is 1.71. The molecule has 1 N–H and O–H groups in total. The molecule has 0 aliphatic heterocycles. The summed E-state index contributed by atoms with van der Waals surface area (Å²) in [6, 6.07) is 0. The Morgan fingerprint density at radius 1 is 1.73 bits per heavy atom. The van der Waals surface area contributed by atoms with Crippen LogP contribution in [0.25, 0.3) is 0 Å². The molecule has 1 aromatic heterocycles. The van der Waals surface area contributed by atoms with E-state index in [0.717, 1.165) is 16.3 Å². The van der Waals surface area contributed by atoms with Gasteiger partial charge < -0.3 is 5.11 Å². The minimum Gasteiger partial charge on any atom is -0.476 e. The number of aryl methyl sites for hydroxylation is 2. The number of rotatable bonds is 2. The minimum absolute atomic E-state index is 0.201. The Labute approximate surface area is 68.7 Å². The van der Waals surface area contributed by atoms with Crippen LogP contribution in [-0.4, -0.2) is 16.1 Å². The summed E-state index contributed by atoms with van der Waals surface area (Å²) in [6.07, 6.45) is 0.804. The van der Waals surface area contributed by atoms with Crippen LogP contribution in [0, 0.1) is 6.92 Å². The maximum atomic E-state index is 10.5. The molecule has 0 aromatic carbocycles. The van der Waals surface area contributed by atoms with E-state index in [9.17, 15) is 4.79 Å². The van der Waals surface area contributed by atoms with Gasteiger partial charge in [0.25, 0.3) is 0 Å². The number of hydrogen-bond acceptors (Lipinski definition) is 3. The Hall–Kier alpha value is -0.900. The Balaban J connectivity index is 3.07. The van der Waals surface area contributed by atoms with Gasteiger partial charge in [-0.25, -0.2) is 9.78 Å². The van der Waals surface area contributed by atoms with Crippen molar-refractivity contribution in [1.29, 1.82) is 0 Å². The van der Waals surface area contributed by atoms with Gasteiger partial charge in [-0.05, 0) is 13.3 Å². The first-order valence-corrected chi connectivity index (χ1v) is 4.16. The number of carboxylic acids is 1. The van der Waals surface area contributed by atoms with Gasteiger partial charge in [-0.2, -0.15) is 0 Å². The van der Waals surface area contributed by atoms with Crippen LogP contribution >= 0.6 is 11.3 Å². The van der Waals surface area contributed by atoms with Gasteiger partial charge in [-0.3, -0.25) is 0 Å². The highest BCUT2D eigenvalue weighted by Gasteiger charge is 2.12. The number of hydrogen-bond donors (Lipinski definition) is 1. The second-order valence-electron chi connectivity index (χ2n) is 2.17. The summed E-state index contributed by atoms with van der Waals surface area (Å²) in [5.74, 6) is -0.932. The maximum absolute atomic E-state index is 10.5. The second kappa shape index (κ2) is 3.00. The predicted molar refractivity (Wildman–Crippen MR) is 43.2 cm³/mol. The molecule has 11 heavy (non-hydrogen) atoms. The third-order valence-electron chi connectivity index (χ3n) is 1.35. The smallest absolute Gasteiger partial charge is 0.355 e. The lowest BCUT2D eigenvalue weighted by atomic mass is 10.4. The molecule has 1 rings (SSSR count). The Bertz CT molecular complexity index is 280. The van der Waals surface area contributed by atoms with E-state index < -0.39 is 5.97 Å². The largest absolute Gasteiger partial charge is 0.476 e. The fourth-order valence-electron chi connectivity index (χ4n) is 0.801. The Morgan fingerprint density at radius 3 is 2.64 bits per heavy atom. The molecule has 60 valence electrons. The van der Waals surface area contributed by atoms with Gasteiger partial charge in [0.1, 0.15) is 0 Å². The maximum Gasteiger partial charge on any atom is 0.355 e. The number of thiazole rings is 1. The molecule has 1 aromatic rings. The minimum atomic E-state index is -0.932. The summed E-state index contributed by atoms with van der Waals surface area (Å²) >= 11 is 1.45. The van der Waals surface area contributed by atoms with Crippen LogP contribution in [0.3, 0.4) is 0 Å². The van der Waals surface area contributed by atoms with Gasteiger partial charge >= 0.3 is 5.97 Å². The molecule has 0 atom stereocenters. The van der Waals surface area contributed by atoms with Gasteiger partial charge in [-0.1, -0.05) is 6.92 Å². The van der Waals surface area contributed by atoms with Crippen LogP contribution in [0.2, 0.25) is 0 Å². The third-order valence-corrected chi connectivity index (χ3v) is 2.46. The Morgan fingerprint density at radius 2 is 2.36 bits per heavy atom.